The van der Waals surface area contributed by atoms with E-state index in [0.717, 1.165) is 17.2 Å². The summed E-state index contributed by atoms with van der Waals surface area (Å²) in [7, 11) is 0. The summed E-state index contributed by atoms with van der Waals surface area (Å²) in [5.74, 6) is 0.942. The molecule has 9 aromatic rings. The Labute approximate surface area is 259 Å². The van der Waals surface area contributed by atoms with E-state index < -0.39 is 0 Å². The number of hydrogen-bond acceptors (Lipinski definition) is 3. The first-order valence-electron chi connectivity index (χ1n) is 14.9. The Morgan fingerprint density at radius 2 is 1.11 bits per heavy atom. The van der Waals surface area contributed by atoms with Crippen LogP contribution >= 0.6 is 11.3 Å². The number of thiophene rings is 1. The molecule has 44 heavy (non-hydrogen) atoms. The summed E-state index contributed by atoms with van der Waals surface area (Å²) >= 11 is 1.82. The van der Waals surface area contributed by atoms with Crippen molar-refractivity contribution in [1.82, 2.24) is 4.98 Å². The predicted molar refractivity (Wildman–Crippen MR) is 190 cm³/mol. The summed E-state index contributed by atoms with van der Waals surface area (Å²) in [6.07, 6.45) is 1.96. The van der Waals surface area contributed by atoms with Crippen LogP contribution in [0.4, 0.5) is 17.2 Å². The minimum Gasteiger partial charge on any atom is -0.294 e. The minimum absolute atomic E-state index is 0.942. The Morgan fingerprint density at radius 1 is 0.455 bits per heavy atom. The molecule has 0 fully saturated rings. The van der Waals surface area contributed by atoms with Crippen LogP contribution in [0.3, 0.4) is 0 Å². The molecule has 0 aliphatic heterocycles. The zero-order valence-electron chi connectivity index (χ0n) is 23.8. The first-order valence-corrected chi connectivity index (χ1v) is 15.7. The third-order valence-electron chi connectivity index (χ3n) is 8.70. The topological polar surface area (TPSA) is 16.1 Å². The van der Waals surface area contributed by atoms with E-state index in [9.17, 15) is 0 Å². The van der Waals surface area contributed by atoms with E-state index in [1.54, 1.807) is 0 Å². The molecule has 0 saturated heterocycles. The predicted octanol–water partition coefficient (Wildman–Crippen LogP) is 12.0. The normalized spacial score (nSPS) is 11.6. The standard InChI is InChI=1S/C41H26N2S/c1-2-10-27(11-3-1)28-18-21-30(22-19-28)43(41-40-35-16-8-9-17-38(35)44-39(40)24-25-42-41)37-26-36-31-13-5-4-12-29(31)20-23-33(36)32-14-6-7-15-34(32)37/h1-26H. The fourth-order valence-corrected chi connectivity index (χ4v) is 7.75. The number of benzene rings is 7. The monoisotopic (exact) mass is 578 g/mol. The molecule has 0 spiro atoms. The highest BCUT2D eigenvalue weighted by molar-refractivity contribution is 7.25. The number of rotatable bonds is 4. The highest BCUT2D eigenvalue weighted by Gasteiger charge is 2.23. The van der Waals surface area contributed by atoms with Crippen LogP contribution in [0.2, 0.25) is 0 Å². The molecule has 0 bridgehead atoms. The molecule has 3 heteroatoms. The van der Waals surface area contributed by atoms with Crippen molar-refractivity contribution in [3.05, 3.63) is 158 Å². The average Bonchev–Trinajstić information content (AvgIpc) is 3.48. The Morgan fingerprint density at radius 3 is 1.95 bits per heavy atom. The molecule has 2 aromatic heterocycles. The maximum Gasteiger partial charge on any atom is 0.146 e. The largest absolute Gasteiger partial charge is 0.294 e. The fourth-order valence-electron chi connectivity index (χ4n) is 6.66. The van der Waals surface area contributed by atoms with Crippen molar-refractivity contribution in [1.29, 1.82) is 0 Å². The summed E-state index contributed by atoms with van der Waals surface area (Å²) in [6.45, 7) is 0. The van der Waals surface area contributed by atoms with E-state index in [4.69, 9.17) is 4.98 Å². The first-order chi connectivity index (χ1) is 21.8. The van der Waals surface area contributed by atoms with Gasteiger partial charge in [-0.3, -0.25) is 4.90 Å². The maximum absolute atomic E-state index is 5.14. The van der Waals surface area contributed by atoms with Crippen LogP contribution < -0.4 is 4.90 Å². The third-order valence-corrected chi connectivity index (χ3v) is 9.84. The Bertz CT molecular complexity index is 2490. The number of fused-ring (bicyclic) bond motifs is 8. The van der Waals surface area contributed by atoms with Gasteiger partial charge < -0.3 is 0 Å². The van der Waals surface area contributed by atoms with Crippen molar-refractivity contribution in [3.8, 4) is 11.1 Å². The van der Waals surface area contributed by atoms with E-state index in [-0.39, 0.29) is 0 Å². The molecular weight excluding hydrogens is 553 g/mol. The highest BCUT2D eigenvalue weighted by Crippen LogP contribution is 2.47. The summed E-state index contributed by atoms with van der Waals surface area (Å²) in [5, 5.41) is 9.84. The SMILES string of the molecule is c1ccc(-c2ccc(N(c3cc4c5ccccc5ccc4c4ccccc34)c3nccc4sc5ccccc5c34)cc2)cc1. The van der Waals surface area contributed by atoms with Gasteiger partial charge in [-0.1, -0.05) is 121 Å². The highest BCUT2D eigenvalue weighted by atomic mass is 32.1. The van der Waals surface area contributed by atoms with Crippen molar-refractivity contribution in [2.24, 2.45) is 0 Å². The van der Waals surface area contributed by atoms with E-state index >= 15 is 0 Å². The molecular formula is C41H26N2S. The molecule has 0 radical (unpaired) electrons. The minimum atomic E-state index is 0.942. The van der Waals surface area contributed by atoms with Crippen LogP contribution in [0.15, 0.2) is 158 Å². The third kappa shape index (κ3) is 3.90. The molecule has 0 atom stereocenters. The van der Waals surface area contributed by atoms with Crippen LogP contribution in [0.1, 0.15) is 0 Å². The lowest BCUT2D eigenvalue weighted by Gasteiger charge is -2.27. The average molecular weight is 579 g/mol. The van der Waals surface area contributed by atoms with E-state index in [1.165, 1.54) is 63.6 Å². The smallest absolute Gasteiger partial charge is 0.146 e. The molecule has 2 heterocycles. The van der Waals surface area contributed by atoms with Gasteiger partial charge in [0.15, 0.2) is 0 Å². The Balaban J connectivity index is 1.39. The molecule has 0 saturated carbocycles. The lowest BCUT2D eigenvalue weighted by Crippen LogP contribution is -2.12. The number of anilines is 3. The molecule has 7 aromatic carbocycles. The van der Waals surface area contributed by atoms with Gasteiger partial charge in [0, 0.05) is 37.4 Å². The van der Waals surface area contributed by atoms with Gasteiger partial charge >= 0.3 is 0 Å². The molecule has 0 N–H and O–H groups in total. The molecule has 9 rings (SSSR count). The second-order valence-electron chi connectivity index (χ2n) is 11.2. The van der Waals surface area contributed by atoms with Gasteiger partial charge in [0.1, 0.15) is 5.82 Å². The van der Waals surface area contributed by atoms with Gasteiger partial charge in [0.05, 0.1) is 5.69 Å². The van der Waals surface area contributed by atoms with Crippen LogP contribution in [0.5, 0.6) is 0 Å². The molecule has 206 valence electrons. The zero-order chi connectivity index (χ0) is 29.0. The van der Waals surface area contributed by atoms with Gasteiger partial charge in [-0.15, -0.1) is 11.3 Å². The number of nitrogens with zero attached hydrogens (tertiary/aromatic N) is 2. The lowest BCUT2D eigenvalue weighted by atomic mass is 9.95. The van der Waals surface area contributed by atoms with Crippen LogP contribution in [-0.2, 0) is 0 Å². The summed E-state index contributed by atoms with van der Waals surface area (Å²) in [4.78, 5) is 7.52. The van der Waals surface area contributed by atoms with Crippen LogP contribution in [0, 0.1) is 0 Å². The maximum atomic E-state index is 5.14. The fraction of sp³-hybridized carbons (Fsp3) is 0. The second-order valence-corrected chi connectivity index (χ2v) is 12.3. The molecule has 0 aliphatic carbocycles. The van der Waals surface area contributed by atoms with Gasteiger partial charge in [0.2, 0.25) is 0 Å². The van der Waals surface area contributed by atoms with E-state index in [0.29, 0.717) is 0 Å². The van der Waals surface area contributed by atoms with Crippen molar-refractivity contribution in [2.45, 2.75) is 0 Å². The first kappa shape index (κ1) is 25.0. The van der Waals surface area contributed by atoms with Gasteiger partial charge in [-0.2, -0.15) is 0 Å². The number of aromatic nitrogens is 1. The second kappa shape index (κ2) is 10.0. The summed E-state index contributed by atoms with van der Waals surface area (Å²) < 4.78 is 2.50. The lowest BCUT2D eigenvalue weighted by molar-refractivity contribution is 1.21. The number of hydrogen-bond donors (Lipinski definition) is 0. The molecule has 2 nitrogen and oxygen atoms in total. The Hall–Kier alpha value is -5.51. The van der Waals surface area contributed by atoms with Gasteiger partial charge in [-0.05, 0) is 68.4 Å². The van der Waals surface area contributed by atoms with E-state index in [2.05, 4.69) is 157 Å². The summed E-state index contributed by atoms with van der Waals surface area (Å²) in [5.41, 5.74) is 4.59. The molecule has 0 aliphatic rings. The van der Waals surface area contributed by atoms with E-state index in [1.807, 2.05) is 17.5 Å². The molecule has 0 unspecified atom stereocenters. The van der Waals surface area contributed by atoms with Crippen molar-refractivity contribution >= 4 is 81.0 Å². The molecule has 0 amide bonds. The van der Waals surface area contributed by atoms with Crippen molar-refractivity contribution in [2.75, 3.05) is 4.90 Å². The van der Waals surface area contributed by atoms with Crippen molar-refractivity contribution in [3.63, 3.8) is 0 Å². The number of pyridine rings is 1. The van der Waals surface area contributed by atoms with Crippen LogP contribution in [0.25, 0.3) is 63.6 Å². The summed E-state index contributed by atoms with van der Waals surface area (Å²) in [6, 6.07) is 54.7. The van der Waals surface area contributed by atoms with Crippen molar-refractivity contribution < 1.29 is 0 Å². The Kier molecular flexibility index (Phi) is 5.71. The quantitative estimate of drug-likeness (QED) is 0.193. The van der Waals surface area contributed by atoms with Gasteiger partial charge in [0.25, 0.3) is 0 Å². The zero-order valence-corrected chi connectivity index (χ0v) is 24.6. The van der Waals surface area contributed by atoms with Crippen LogP contribution in [-0.4, -0.2) is 4.98 Å². The van der Waals surface area contributed by atoms with Gasteiger partial charge in [-0.25, -0.2) is 4.98 Å².